The van der Waals surface area contributed by atoms with Gasteiger partial charge in [0.1, 0.15) is 6.54 Å². The summed E-state index contributed by atoms with van der Waals surface area (Å²) in [4.78, 5) is 37.2. The van der Waals surface area contributed by atoms with Gasteiger partial charge < -0.3 is 5.32 Å². The monoisotopic (exact) mass is 352 g/mol. The molecule has 0 radical (unpaired) electrons. The Kier molecular flexibility index (Phi) is 4.77. The predicted molar refractivity (Wildman–Crippen MR) is 83.3 cm³/mol. The second-order valence-corrected chi connectivity index (χ2v) is 5.88. The molecular weight excluding hydrogens is 336 g/mol. The van der Waals surface area contributed by atoms with E-state index < -0.39 is 11.7 Å². The Morgan fingerprint density at radius 1 is 1.29 bits per heavy atom. The molecule has 0 atom stereocenters. The lowest BCUT2D eigenvalue weighted by Crippen LogP contribution is -2.43. The van der Waals surface area contributed by atoms with Crippen molar-refractivity contribution in [1.29, 1.82) is 0 Å². The highest BCUT2D eigenvalue weighted by Gasteiger charge is 2.36. The van der Waals surface area contributed by atoms with E-state index in [4.69, 9.17) is 0 Å². The molecule has 0 aliphatic carbocycles. The zero-order valence-corrected chi connectivity index (χ0v) is 13.6. The Hall–Kier alpha value is -1.69. The first-order chi connectivity index (χ1) is 9.97. The molecule has 1 aliphatic rings. The maximum absolute atomic E-state index is 12.0. The standard InChI is InChI=1S/C15H17BrN2O3/c1-3-10(4-2)17-13(19)8-18-12-6-5-9(16)7-11(12)14(20)15(18)21/h5-7,10H,3-4,8H2,1-2H3,(H,17,19). The van der Waals surface area contributed by atoms with Gasteiger partial charge in [-0.1, -0.05) is 29.8 Å². The summed E-state index contributed by atoms with van der Waals surface area (Å²) in [6.45, 7) is 3.85. The van der Waals surface area contributed by atoms with Crippen LogP contribution in [0.15, 0.2) is 22.7 Å². The number of halogens is 1. The lowest BCUT2D eigenvalue weighted by atomic mass is 10.1. The van der Waals surface area contributed by atoms with E-state index >= 15 is 0 Å². The Morgan fingerprint density at radius 2 is 1.95 bits per heavy atom. The molecule has 0 bridgehead atoms. The van der Waals surface area contributed by atoms with E-state index in [2.05, 4.69) is 21.2 Å². The molecule has 1 aliphatic heterocycles. The fourth-order valence-corrected chi connectivity index (χ4v) is 2.70. The van der Waals surface area contributed by atoms with E-state index in [-0.39, 0.29) is 18.5 Å². The molecular formula is C15H17BrN2O3. The molecule has 1 N–H and O–H groups in total. The maximum Gasteiger partial charge on any atom is 0.299 e. The summed E-state index contributed by atoms with van der Waals surface area (Å²) in [7, 11) is 0. The number of nitrogens with one attached hydrogen (secondary N) is 1. The van der Waals surface area contributed by atoms with Crippen molar-refractivity contribution in [3.8, 4) is 0 Å². The number of ketones is 1. The average molecular weight is 353 g/mol. The van der Waals surface area contributed by atoms with Gasteiger partial charge in [-0.2, -0.15) is 0 Å². The van der Waals surface area contributed by atoms with Crippen LogP contribution in [0, 0.1) is 0 Å². The summed E-state index contributed by atoms with van der Waals surface area (Å²) in [6.07, 6.45) is 1.66. The Labute approximate surface area is 131 Å². The Bertz CT molecular complexity index is 597. The van der Waals surface area contributed by atoms with E-state index in [0.29, 0.717) is 11.3 Å². The first-order valence-electron chi connectivity index (χ1n) is 6.93. The lowest BCUT2D eigenvalue weighted by molar-refractivity contribution is -0.122. The Morgan fingerprint density at radius 3 is 2.57 bits per heavy atom. The molecule has 21 heavy (non-hydrogen) atoms. The van der Waals surface area contributed by atoms with Crippen LogP contribution in [0.1, 0.15) is 37.0 Å². The molecule has 0 saturated heterocycles. The largest absolute Gasteiger partial charge is 0.352 e. The highest BCUT2D eigenvalue weighted by molar-refractivity contribution is 9.10. The normalized spacial score (nSPS) is 13.8. The van der Waals surface area contributed by atoms with Crippen LogP contribution < -0.4 is 10.2 Å². The van der Waals surface area contributed by atoms with Gasteiger partial charge in [-0.05, 0) is 31.0 Å². The highest BCUT2D eigenvalue weighted by Crippen LogP contribution is 2.31. The molecule has 0 unspecified atom stereocenters. The van der Waals surface area contributed by atoms with Crippen LogP contribution in [0.5, 0.6) is 0 Å². The van der Waals surface area contributed by atoms with Crippen LogP contribution in [0.2, 0.25) is 0 Å². The SMILES string of the molecule is CCC(CC)NC(=O)CN1C(=O)C(=O)c2cc(Br)ccc21. The molecule has 5 nitrogen and oxygen atoms in total. The number of anilines is 1. The van der Waals surface area contributed by atoms with Crippen LogP contribution in [0.25, 0.3) is 0 Å². The topological polar surface area (TPSA) is 66.5 Å². The van der Waals surface area contributed by atoms with Gasteiger partial charge in [0.2, 0.25) is 5.91 Å². The predicted octanol–water partition coefficient (Wildman–Crippen LogP) is 2.28. The van der Waals surface area contributed by atoms with E-state index in [1.807, 2.05) is 13.8 Å². The van der Waals surface area contributed by atoms with Gasteiger partial charge in [0.25, 0.3) is 11.7 Å². The van der Waals surface area contributed by atoms with Crippen molar-refractivity contribution in [1.82, 2.24) is 5.32 Å². The van der Waals surface area contributed by atoms with Crippen LogP contribution >= 0.6 is 15.9 Å². The first kappa shape index (κ1) is 15.7. The van der Waals surface area contributed by atoms with Crippen LogP contribution in [0.3, 0.4) is 0 Å². The quantitative estimate of drug-likeness (QED) is 0.826. The summed E-state index contributed by atoms with van der Waals surface area (Å²) < 4.78 is 0.728. The number of Topliss-reactive ketones (excluding diaryl/α,β-unsaturated/α-hetero) is 1. The minimum absolute atomic E-state index is 0.0929. The molecule has 0 spiro atoms. The highest BCUT2D eigenvalue weighted by atomic mass is 79.9. The summed E-state index contributed by atoms with van der Waals surface area (Å²) in [6, 6.07) is 5.12. The molecule has 112 valence electrons. The minimum atomic E-state index is -0.650. The third kappa shape index (κ3) is 3.15. The van der Waals surface area contributed by atoms with Crippen molar-refractivity contribution in [2.75, 3.05) is 11.4 Å². The number of fused-ring (bicyclic) bond motifs is 1. The van der Waals surface area contributed by atoms with Crippen molar-refractivity contribution in [3.63, 3.8) is 0 Å². The molecule has 0 saturated carbocycles. The summed E-state index contributed by atoms with van der Waals surface area (Å²) in [5.74, 6) is -1.47. The second-order valence-electron chi connectivity index (χ2n) is 4.96. The smallest absolute Gasteiger partial charge is 0.299 e. The van der Waals surface area contributed by atoms with Crippen LogP contribution in [-0.2, 0) is 9.59 Å². The number of carbonyl (C=O) groups is 3. The molecule has 0 aromatic heterocycles. The van der Waals surface area contributed by atoms with Gasteiger partial charge in [-0.3, -0.25) is 19.3 Å². The molecule has 0 fully saturated rings. The van der Waals surface area contributed by atoms with Crippen molar-refractivity contribution in [3.05, 3.63) is 28.2 Å². The summed E-state index contributed by atoms with van der Waals surface area (Å²) in [5.41, 5.74) is 0.831. The van der Waals surface area contributed by atoms with Gasteiger partial charge in [0, 0.05) is 10.5 Å². The number of rotatable bonds is 5. The van der Waals surface area contributed by atoms with Crippen LogP contribution in [0.4, 0.5) is 5.69 Å². The zero-order chi connectivity index (χ0) is 15.6. The summed E-state index contributed by atoms with van der Waals surface area (Å²) >= 11 is 3.27. The number of amides is 2. The van der Waals surface area contributed by atoms with Crippen LogP contribution in [-0.4, -0.2) is 30.2 Å². The van der Waals surface area contributed by atoms with Gasteiger partial charge in [0.05, 0.1) is 11.3 Å². The third-order valence-electron chi connectivity index (χ3n) is 3.59. The maximum atomic E-state index is 12.0. The summed E-state index contributed by atoms with van der Waals surface area (Å²) in [5, 5.41) is 2.87. The van der Waals surface area contributed by atoms with E-state index in [1.165, 1.54) is 4.90 Å². The molecule has 1 aromatic carbocycles. The molecule has 2 rings (SSSR count). The molecule has 1 aromatic rings. The second kappa shape index (κ2) is 6.39. The number of hydrogen-bond acceptors (Lipinski definition) is 3. The van der Waals surface area contributed by atoms with Gasteiger partial charge in [0.15, 0.2) is 0 Å². The zero-order valence-electron chi connectivity index (χ0n) is 12.0. The first-order valence-corrected chi connectivity index (χ1v) is 7.72. The van der Waals surface area contributed by atoms with Gasteiger partial charge in [-0.15, -0.1) is 0 Å². The van der Waals surface area contributed by atoms with Gasteiger partial charge >= 0.3 is 0 Å². The molecule has 6 heteroatoms. The molecule has 2 amide bonds. The Balaban J connectivity index is 2.17. The van der Waals surface area contributed by atoms with Gasteiger partial charge in [-0.25, -0.2) is 0 Å². The van der Waals surface area contributed by atoms with Crippen molar-refractivity contribution >= 4 is 39.2 Å². The fraction of sp³-hybridized carbons (Fsp3) is 0.400. The average Bonchev–Trinajstić information content (AvgIpc) is 2.69. The molecule has 1 heterocycles. The van der Waals surface area contributed by atoms with E-state index in [9.17, 15) is 14.4 Å². The fourth-order valence-electron chi connectivity index (χ4n) is 2.34. The third-order valence-corrected chi connectivity index (χ3v) is 4.08. The lowest BCUT2D eigenvalue weighted by Gasteiger charge is -2.19. The number of nitrogens with zero attached hydrogens (tertiary/aromatic N) is 1. The van der Waals surface area contributed by atoms with E-state index in [1.54, 1.807) is 18.2 Å². The minimum Gasteiger partial charge on any atom is -0.352 e. The number of benzene rings is 1. The number of hydrogen-bond donors (Lipinski definition) is 1. The van der Waals surface area contributed by atoms with Crippen molar-refractivity contribution in [2.24, 2.45) is 0 Å². The van der Waals surface area contributed by atoms with Crippen molar-refractivity contribution < 1.29 is 14.4 Å². The van der Waals surface area contributed by atoms with Crippen molar-refractivity contribution in [2.45, 2.75) is 32.7 Å². The van der Waals surface area contributed by atoms with E-state index in [0.717, 1.165) is 17.3 Å². The number of carbonyl (C=O) groups excluding carboxylic acids is 3.